The van der Waals surface area contributed by atoms with Crippen LogP contribution in [0.1, 0.15) is 54.5 Å². The SMILES string of the molecule is CC(C)(C)OC(=O)NCCC(=O)NC1CCc2nc(NC(=O)c3cccs3)ncc2C1. The highest BCUT2D eigenvalue weighted by Crippen LogP contribution is 2.21. The lowest BCUT2D eigenvalue weighted by atomic mass is 9.93. The van der Waals surface area contributed by atoms with Crippen LogP contribution in [0, 0.1) is 0 Å². The fourth-order valence-electron chi connectivity index (χ4n) is 3.15. The molecule has 2 heterocycles. The predicted octanol–water partition coefficient (Wildman–Crippen LogP) is 2.68. The Labute approximate surface area is 185 Å². The summed E-state index contributed by atoms with van der Waals surface area (Å²) in [6.07, 6.45) is 3.39. The Hall–Kier alpha value is -3.01. The van der Waals surface area contributed by atoms with Crippen LogP contribution < -0.4 is 16.0 Å². The summed E-state index contributed by atoms with van der Waals surface area (Å²) in [6, 6.07) is 3.54. The van der Waals surface area contributed by atoms with Crippen LogP contribution in [-0.2, 0) is 22.4 Å². The van der Waals surface area contributed by atoms with E-state index in [4.69, 9.17) is 4.74 Å². The van der Waals surface area contributed by atoms with Crippen LogP contribution in [0.3, 0.4) is 0 Å². The van der Waals surface area contributed by atoms with Gasteiger partial charge in [0.25, 0.3) is 5.91 Å². The van der Waals surface area contributed by atoms with Crippen LogP contribution in [0.2, 0.25) is 0 Å². The van der Waals surface area contributed by atoms with Crippen molar-refractivity contribution >= 4 is 35.2 Å². The first-order chi connectivity index (χ1) is 14.7. The van der Waals surface area contributed by atoms with Crippen molar-refractivity contribution in [3.63, 3.8) is 0 Å². The quantitative estimate of drug-likeness (QED) is 0.628. The largest absolute Gasteiger partial charge is 0.444 e. The second-order valence-corrected chi connectivity index (χ2v) is 9.23. The van der Waals surface area contributed by atoms with E-state index in [2.05, 4.69) is 25.9 Å². The number of thiophene rings is 1. The third-order valence-electron chi connectivity index (χ3n) is 4.51. The van der Waals surface area contributed by atoms with Gasteiger partial charge >= 0.3 is 6.09 Å². The molecule has 166 valence electrons. The maximum absolute atomic E-state index is 12.2. The Morgan fingerprint density at radius 1 is 1.29 bits per heavy atom. The summed E-state index contributed by atoms with van der Waals surface area (Å²) in [5.41, 5.74) is 1.27. The van der Waals surface area contributed by atoms with Gasteiger partial charge in [0, 0.05) is 30.9 Å². The molecule has 2 aromatic rings. The van der Waals surface area contributed by atoms with Crippen LogP contribution in [0.5, 0.6) is 0 Å². The first-order valence-electron chi connectivity index (χ1n) is 10.2. The van der Waals surface area contributed by atoms with Gasteiger partial charge in [-0.05, 0) is 57.0 Å². The van der Waals surface area contributed by atoms with E-state index < -0.39 is 11.7 Å². The number of amides is 3. The van der Waals surface area contributed by atoms with Gasteiger partial charge in [0.15, 0.2) is 0 Å². The summed E-state index contributed by atoms with van der Waals surface area (Å²) >= 11 is 1.36. The van der Waals surface area contributed by atoms with Crippen LogP contribution in [0.4, 0.5) is 10.7 Å². The van der Waals surface area contributed by atoms with E-state index in [1.54, 1.807) is 33.0 Å². The smallest absolute Gasteiger partial charge is 0.407 e. The summed E-state index contributed by atoms with van der Waals surface area (Å²) in [4.78, 5) is 45.3. The highest BCUT2D eigenvalue weighted by molar-refractivity contribution is 7.12. The van der Waals surface area contributed by atoms with E-state index in [1.807, 2.05) is 11.4 Å². The Morgan fingerprint density at radius 3 is 2.81 bits per heavy atom. The zero-order valence-corrected chi connectivity index (χ0v) is 18.7. The van der Waals surface area contributed by atoms with Gasteiger partial charge in [-0.2, -0.15) is 0 Å². The zero-order valence-electron chi connectivity index (χ0n) is 17.9. The molecule has 0 aliphatic heterocycles. The highest BCUT2D eigenvalue weighted by Gasteiger charge is 2.23. The third-order valence-corrected chi connectivity index (χ3v) is 5.37. The first kappa shape index (κ1) is 22.7. The molecule has 3 N–H and O–H groups in total. The van der Waals surface area contributed by atoms with E-state index >= 15 is 0 Å². The molecule has 0 bridgehead atoms. The molecule has 0 fully saturated rings. The number of anilines is 1. The standard InChI is InChI=1S/C21H27N5O4S/c1-21(2,3)30-20(29)22-9-8-17(27)24-14-6-7-15-13(11-14)12-23-19(25-15)26-18(28)16-5-4-10-31-16/h4-5,10,12,14H,6-9,11H2,1-3H3,(H,22,29)(H,24,27)(H,23,25,26,28). The Morgan fingerprint density at radius 2 is 2.10 bits per heavy atom. The summed E-state index contributed by atoms with van der Waals surface area (Å²) in [7, 11) is 0. The maximum atomic E-state index is 12.2. The number of fused-ring (bicyclic) bond motifs is 1. The molecule has 1 aliphatic carbocycles. The first-order valence-corrected chi connectivity index (χ1v) is 11.0. The number of carbonyl (C=O) groups is 3. The average molecular weight is 446 g/mol. The van der Waals surface area contributed by atoms with Gasteiger partial charge in [-0.1, -0.05) is 6.07 Å². The van der Waals surface area contributed by atoms with E-state index in [0.717, 1.165) is 17.7 Å². The molecular formula is C21H27N5O4S. The third kappa shape index (κ3) is 7.02. The van der Waals surface area contributed by atoms with Crippen molar-refractivity contribution in [2.45, 2.75) is 58.1 Å². The molecule has 3 amide bonds. The average Bonchev–Trinajstić information content (AvgIpc) is 3.21. The highest BCUT2D eigenvalue weighted by atomic mass is 32.1. The molecule has 1 atom stereocenters. The van der Waals surface area contributed by atoms with Crippen molar-refractivity contribution in [2.75, 3.05) is 11.9 Å². The number of carbonyl (C=O) groups excluding carboxylic acids is 3. The zero-order chi connectivity index (χ0) is 22.4. The molecule has 10 heteroatoms. The van der Waals surface area contributed by atoms with Crippen molar-refractivity contribution < 1.29 is 19.1 Å². The van der Waals surface area contributed by atoms with Crippen LogP contribution >= 0.6 is 11.3 Å². The van der Waals surface area contributed by atoms with E-state index in [1.165, 1.54) is 11.3 Å². The molecular weight excluding hydrogens is 418 g/mol. The number of ether oxygens (including phenoxy) is 1. The fraction of sp³-hybridized carbons (Fsp3) is 0.476. The molecule has 31 heavy (non-hydrogen) atoms. The normalized spacial score (nSPS) is 15.5. The number of rotatable bonds is 6. The Kier molecular flexibility index (Phi) is 7.21. The van der Waals surface area contributed by atoms with Crippen LogP contribution in [0.15, 0.2) is 23.7 Å². The number of nitrogens with zero attached hydrogens (tertiary/aromatic N) is 2. The van der Waals surface area contributed by atoms with Crippen molar-refractivity contribution in [1.82, 2.24) is 20.6 Å². The minimum absolute atomic E-state index is 0.0170. The lowest BCUT2D eigenvalue weighted by Crippen LogP contribution is -2.41. The van der Waals surface area contributed by atoms with Crippen LogP contribution in [0.25, 0.3) is 0 Å². The molecule has 9 nitrogen and oxygen atoms in total. The lowest BCUT2D eigenvalue weighted by molar-refractivity contribution is -0.121. The van der Waals surface area contributed by atoms with Gasteiger partial charge < -0.3 is 15.4 Å². The van der Waals surface area contributed by atoms with Gasteiger partial charge in [0.2, 0.25) is 11.9 Å². The summed E-state index contributed by atoms with van der Waals surface area (Å²) in [6.45, 7) is 5.56. The minimum atomic E-state index is -0.573. The Balaban J connectivity index is 1.45. The van der Waals surface area contributed by atoms with Gasteiger partial charge in [0.1, 0.15) is 5.60 Å². The van der Waals surface area contributed by atoms with E-state index in [0.29, 0.717) is 17.7 Å². The second-order valence-electron chi connectivity index (χ2n) is 8.28. The number of aryl methyl sites for hydroxylation is 1. The predicted molar refractivity (Wildman–Crippen MR) is 117 cm³/mol. The van der Waals surface area contributed by atoms with E-state index in [-0.39, 0.29) is 36.8 Å². The van der Waals surface area contributed by atoms with Crippen molar-refractivity contribution in [2.24, 2.45) is 0 Å². The molecule has 0 radical (unpaired) electrons. The molecule has 1 unspecified atom stereocenters. The molecule has 1 aliphatic rings. The summed E-state index contributed by atoms with van der Waals surface area (Å²) < 4.78 is 5.14. The van der Waals surface area contributed by atoms with Gasteiger partial charge in [-0.25, -0.2) is 14.8 Å². The summed E-state index contributed by atoms with van der Waals surface area (Å²) in [5, 5.41) is 10.1. The molecule has 2 aromatic heterocycles. The van der Waals surface area contributed by atoms with Gasteiger partial charge in [-0.3, -0.25) is 14.9 Å². The molecule has 0 aromatic carbocycles. The van der Waals surface area contributed by atoms with Crippen molar-refractivity contribution in [3.8, 4) is 0 Å². The fourth-order valence-corrected chi connectivity index (χ4v) is 3.77. The molecule has 3 rings (SSSR count). The number of hydrogen-bond donors (Lipinski definition) is 3. The van der Waals surface area contributed by atoms with E-state index in [9.17, 15) is 14.4 Å². The number of nitrogens with one attached hydrogen (secondary N) is 3. The van der Waals surface area contributed by atoms with Gasteiger partial charge in [-0.15, -0.1) is 11.3 Å². The molecule has 0 spiro atoms. The van der Waals surface area contributed by atoms with Crippen molar-refractivity contribution in [3.05, 3.63) is 39.8 Å². The van der Waals surface area contributed by atoms with Gasteiger partial charge in [0.05, 0.1) is 4.88 Å². The number of alkyl carbamates (subject to hydrolysis) is 1. The number of hydrogen-bond acceptors (Lipinski definition) is 7. The topological polar surface area (TPSA) is 122 Å². The Bertz CT molecular complexity index is 940. The number of aromatic nitrogens is 2. The molecule has 0 saturated carbocycles. The monoisotopic (exact) mass is 445 g/mol. The maximum Gasteiger partial charge on any atom is 0.407 e. The lowest BCUT2D eigenvalue weighted by Gasteiger charge is -2.25. The van der Waals surface area contributed by atoms with Crippen LogP contribution in [-0.4, -0.2) is 46.1 Å². The summed E-state index contributed by atoms with van der Waals surface area (Å²) in [5.74, 6) is -0.0750. The van der Waals surface area contributed by atoms with Crippen molar-refractivity contribution in [1.29, 1.82) is 0 Å². The minimum Gasteiger partial charge on any atom is -0.444 e. The molecule has 0 saturated heterocycles. The second kappa shape index (κ2) is 9.86.